The Morgan fingerprint density at radius 1 is 0.611 bits per heavy atom. The predicted molar refractivity (Wildman–Crippen MR) is 264 cm³/mol. The van der Waals surface area contributed by atoms with Crippen LogP contribution in [0.15, 0.2) is 146 Å². The molecule has 3 saturated carbocycles. The van der Waals surface area contributed by atoms with E-state index in [1.807, 2.05) is 56.3 Å². The van der Waals surface area contributed by atoms with E-state index in [0.717, 1.165) is 11.1 Å². The van der Waals surface area contributed by atoms with E-state index in [1.54, 1.807) is 117 Å². The van der Waals surface area contributed by atoms with Gasteiger partial charge in [0.15, 0.2) is 11.4 Å². The minimum atomic E-state index is -2.24. The molecule has 0 saturated heterocycles. The highest BCUT2D eigenvalue weighted by molar-refractivity contribution is 5.92. The topological polar surface area (TPSA) is 172 Å². The summed E-state index contributed by atoms with van der Waals surface area (Å²) in [6, 6.07) is 42.1. The normalized spacial score (nSPS) is 27.6. The number of hydrogen-bond acceptors (Lipinski definition) is 14. The van der Waals surface area contributed by atoms with Crippen molar-refractivity contribution < 1.29 is 66.9 Å². The lowest BCUT2D eigenvalue weighted by molar-refractivity contribution is -0.267. The number of esters is 3. The van der Waals surface area contributed by atoms with Gasteiger partial charge in [0.05, 0.1) is 54.6 Å². The first-order chi connectivity index (χ1) is 34.7. The first-order valence-corrected chi connectivity index (χ1v) is 24.4. The summed E-state index contributed by atoms with van der Waals surface area (Å²) >= 11 is 0. The van der Waals surface area contributed by atoms with Crippen LogP contribution >= 0.6 is 0 Å². The van der Waals surface area contributed by atoms with E-state index >= 15 is 4.79 Å². The molecule has 0 spiro atoms. The summed E-state index contributed by atoms with van der Waals surface area (Å²) < 4.78 is 56.9. The number of benzene rings is 5. The summed E-state index contributed by atoms with van der Waals surface area (Å²) in [5.74, 6) is -3.98. The Labute approximate surface area is 420 Å². The average molecular weight is 985 g/mol. The maximum absolute atomic E-state index is 16.4. The van der Waals surface area contributed by atoms with Gasteiger partial charge in [0.2, 0.25) is 0 Å². The van der Waals surface area contributed by atoms with Crippen LogP contribution in [-0.2, 0) is 55.9 Å². The number of Topliss-reactive ketones (excluding diaryl/α,β-unsaturated/α-hetero) is 1. The second-order valence-electron chi connectivity index (χ2n) is 19.6. The van der Waals surface area contributed by atoms with Gasteiger partial charge >= 0.3 is 17.9 Å². The molecule has 2 bridgehead atoms. The van der Waals surface area contributed by atoms with Gasteiger partial charge in [-0.25, -0.2) is 14.4 Å². The third kappa shape index (κ3) is 10.6. The van der Waals surface area contributed by atoms with Crippen molar-refractivity contribution in [2.75, 3.05) is 34.4 Å². The van der Waals surface area contributed by atoms with E-state index in [1.165, 1.54) is 7.11 Å². The summed E-state index contributed by atoms with van der Waals surface area (Å²) in [4.78, 5) is 59.7. The number of ether oxygens (including phenoxy) is 9. The molecular formula is C58H64O14. The zero-order valence-corrected chi connectivity index (χ0v) is 41.4. The maximum atomic E-state index is 16.4. The largest absolute Gasteiger partial charge is 0.497 e. The third-order valence-corrected chi connectivity index (χ3v) is 15.4. The first-order valence-electron chi connectivity index (χ1n) is 24.4. The van der Waals surface area contributed by atoms with Crippen LogP contribution in [0.25, 0.3) is 0 Å². The molecule has 0 unspecified atom stereocenters. The Hall–Kier alpha value is -6.26. The van der Waals surface area contributed by atoms with E-state index in [9.17, 15) is 19.5 Å². The summed E-state index contributed by atoms with van der Waals surface area (Å²) in [5.41, 5.74) is -4.50. The van der Waals surface area contributed by atoms with E-state index < -0.39 is 88.6 Å². The van der Waals surface area contributed by atoms with Crippen LogP contribution in [0.5, 0.6) is 5.75 Å². The third-order valence-electron chi connectivity index (χ3n) is 15.4. The molecule has 0 aliphatic heterocycles. The highest BCUT2D eigenvalue weighted by atomic mass is 16.7. The molecular weight excluding hydrogens is 921 g/mol. The Kier molecular flexibility index (Phi) is 16.4. The van der Waals surface area contributed by atoms with Crippen LogP contribution in [0.1, 0.15) is 88.7 Å². The molecule has 380 valence electrons. The lowest BCUT2D eigenvalue weighted by Crippen LogP contribution is -2.70. The Balaban J connectivity index is 1.32. The number of rotatable bonds is 19. The molecule has 3 fully saturated rings. The predicted octanol–water partition coefficient (Wildman–Crippen LogP) is 8.97. The van der Waals surface area contributed by atoms with Gasteiger partial charge < -0.3 is 47.7 Å². The van der Waals surface area contributed by atoms with Crippen molar-refractivity contribution in [3.63, 3.8) is 0 Å². The fourth-order valence-electron chi connectivity index (χ4n) is 11.3. The fraction of sp³-hybridized carbons (Fsp3) is 0.414. The van der Waals surface area contributed by atoms with Gasteiger partial charge in [-0.3, -0.25) is 4.79 Å². The minimum absolute atomic E-state index is 0.0298. The molecule has 14 heteroatoms. The number of fused-ring (bicyclic) bond motifs is 3. The molecule has 1 N–H and O–H groups in total. The van der Waals surface area contributed by atoms with Gasteiger partial charge in [-0.1, -0.05) is 111 Å². The second-order valence-corrected chi connectivity index (χ2v) is 19.6. The summed E-state index contributed by atoms with van der Waals surface area (Å²) in [6.45, 7) is 4.42. The molecule has 3 aliphatic rings. The maximum Gasteiger partial charge on any atom is 0.338 e. The van der Waals surface area contributed by atoms with Gasteiger partial charge in [-0.2, -0.15) is 0 Å². The molecule has 3 aliphatic carbocycles. The van der Waals surface area contributed by atoms with Crippen molar-refractivity contribution >= 4 is 23.7 Å². The lowest BCUT2D eigenvalue weighted by Gasteiger charge is -2.57. The van der Waals surface area contributed by atoms with Gasteiger partial charge in [0.1, 0.15) is 43.8 Å². The summed E-state index contributed by atoms with van der Waals surface area (Å²) in [7, 11) is 3.02. The van der Waals surface area contributed by atoms with Crippen LogP contribution < -0.4 is 4.74 Å². The van der Waals surface area contributed by atoms with E-state index in [4.69, 9.17) is 42.6 Å². The van der Waals surface area contributed by atoms with Gasteiger partial charge in [0.25, 0.3) is 0 Å². The van der Waals surface area contributed by atoms with E-state index in [2.05, 4.69) is 0 Å². The van der Waals surface area contributed by atoms with Crippen LogP contribution in [0.2, 0.25) is 0 Å². The van der Waals surface area contributed by atoms with Gasteiger partial charge in [0, 0.05) is 30.8 Å². The molecule has 5 aromatic carbocycles. The van der Waals surface area contributed by atoms with Crippen molar-refractivity contribution in [1.82, 2.24) is 0 Å². The standard InChI is InChI=1S/C58H64O14/c1-55(2)45-30-31-58(55,72-54(62)43-24-16-9-17-25-43)49(71-53(61)42-22-14-8-15-23-42)32-46-56(3,51(59)50(45)70-37-64-4)47(69-38-66-34-39-18-10-6-11-19-39)33-48(67-35-40-26-28-44(65-5)29-27-40)57(46,63)36-68-52(60)41-20-12-7-13-21-41/h6-29,45-50,63H,30-38H2,1-5H3/t45-,46+,47+,48-,49+,50-,56+,57-,58+/m1/s1. The first kappa shape index (κ1) is 52.1. The van der Waals surface area contributed by atoms with Crippen LogP contribution in [0, 0.1) is 22.7 Å². The Morgan fingerprint density at radius 2 is 1.18 bits per heavy atom. The fourth-order valence-corrected chi connectivity index (χ4v) is 11.3. The van der Waals surface area contributed by atoms with Crippen molar-refractivity contribution in [2.24, 2.45) is 22.7 Å². The molecule has 8 rings (SSSR count). The molecule has 0 amide bonds. The molecule has 5 aromatic rings. The van der Waals surface area contributed by atoms with Crippen LogP contribution in [0.4, 0.5) is 0 Å². The zero-order valence-electron chi connectivity index (χ0n) is 41.4. The van der Waals surface area contributed by atoms with Crippen molar-refractivity contribution in [2.45, 2.75) is 95.3 Å². The molecule has 0 aromatic heterocycles. The minimum Gasteiger partial charge on any atom is -0.497 e. The number of ketones is 1. The highest BCUT2D eigenvalue weighted by Gasteiger charge is 2.73. The van der Waals surface area contributed by atoms with Crippen LogP contribution in [0.3, 0.4) is 0 Å². The number of aliphatic hydroxyl groups is 1. The summed E-state index contributed by atoms with van der Waals surface area (Å²) in [6.07, 6.45) is -4.89. The molecule has 72 heavy (non-hydrogen) atoms. The number of carbonyl (C=O) groups is 4. The SMILES string of the molecule is COCO[C@H]1C(=O)[C@]2(C)[C@@H](OCOCc3ccccc3)C[C@@H](OCc3ccc(OC)cc3)[C@@](O)(COC(=O)c3ccccc3)[C@H]2C[C@H](OC(=O)c2ccccc2)[C@@]2(OC(=O)c3ccccc3)CC[C@H]1C2(C)C. The molecule has 9 atom stereocenters. The molecule has 0 heterocycles. The molecule has 14 nitrogen and oxygen atoms in total. The lowest BCUT2D eigenvalue weighted by atomic mass is 9.53. The van der Waals surface area contributed by atoms with Crippen molar-refractivity contribution in [3.05, 3.63) is 173 Å². The van der Waals surface area contributed by atoms with Gasteiger partial charge in [-0.05, 0) is 85.8 Å². The Morgan fingerprint density at radius 3 is 1.78 bits per heavy atom. The van der Waals surface area contributed by atoms with E-state index in [-0.39, 0.29) is 62.8 Å². The number of hydrogen-bond donors (Lipinski definition) is 1. The smallest absolute Gasteiger partial charge is 0.338 e. The summed E-state index contributed by atoms with van der Waals surface area (Å²) in [5, 5.41) is 14.0. The van der Waals surface area contributed by atoms with Crippen LogP contribution in [-0.4, -0.2) is 98.8 Å². The number of methoxy groups -OCH3 is 2. The highest BCUT2D eigenvalue weighted by Crippen LogP contribution is 2.63. The second kappa shape index (κ2) is 22.7. The zero-order chi connectivity index (χ0) is 50.9. The molecule has 0 radical (unpaired) electrons. The van der Waals surface area contributed by atoms with Gasteiger partial charge in [-0.15, -0.1) is 0 Å². The van der Waals surface area contributed by atoms with Crippen molar-refractivity contribution in [1.29, 1.82) is 0 Å². The quantitative estimate of drug-likeness (QED) is 0.0360. The van der Waals surface area contributed by atoms with Crippen molar-refractivity contribution in [3.8, 4) is 5.75 Å². The van der Waals surface area contributed by atoms with E-state index in [0.29, 0.717) is 12.2 Å². The monoisotopic (exact) mass is 984 g/mol. The number of carbonyl (C=O) groups excluding carboxylic acids is 4. The Bertz CT molecular complexity index is 2590. The average Bonchev–Trinajstić information content (AvgIpc) is 3.67.